The van der Waals surface area contributed by atoms with E-state index in [0.29, 0.717) is 0 Å². The van der Waals surface area contributed by atoms with Gasteiger partial charge in [-0.3, -0.25) is 0 Å². The van der Waals surface area contributed by atoms with E-state index in [0.717, 1.165) is 65.3 Å². The number of ether oxygens (including phenoxy) is 6. The summed E-state index contributed by atoms with van der Waals surface area (Å²) in [6, 6.07) is 0. The lowest BCUT2D eigenvalue weighted by Gasteiger charge is -2.65. The maximum absolute atomic E-state index is 6.47. The Kier molecular flexibility index (Phi) is 7.58. The molecule has 0 spiro atoms. The maximum atomic E-state index is 6.47. The topological polar surface area (TPSA) is 55.4 Å². The van der Waals surface area contributed by atoms with Crippen LogP contribution in [0.15, 0.2) is 0 Å². The zero-order valence-corrected chi connectivity index (χ0v) is 20.3. The van der Waals surface area contributed by atoms with Crippen LogP contribution in [0.5, 0.6) is 0 Å². The molecule has 3 unspecified atom stereocenters. The summed E-state index contributed by atoms with van der Waals surface area (Å²) in [5.41, 5.74) is -0.441. The highest BCUT2D eigenvalue weighted by Crippen LogP contribution is 2.60. The van der Waals surface area contributed by atoms with E-state index < -0.39 is 0 Å². The largest absolute Gasteiger partial charge is 0.380 e. The number of rotatable bonds is 13. The summed E-state index contributed by atoms with van der Waals surface area (Å²) in [5, 5.41) is 0. The molecule has 30 heavy (non-hydrogen) atoms. The third-order valence-electron chi connectivity index (χ3n) is 8.90. The van der Waals surface area contributed by atoms with Crippen molar-refractivity contribution in [1.29, 1.82) is 0 Å². The van der Waals surface area contributed by atoms with E-state index in [9.17, 15) is 0 Å². The van der Waals surface area contributed by atoms with Gasteiger partial charge < -0.3 is 28.4 Å². The van der Waals surface area contributed by atoms with Crippen LogP contribution in [-0.2, 0) is 28.4 Å². The van der Waals surface area contributed by atoms with Crippen molar-refractivity contribution in [2.45, 2.75) is 71.7 Å². The van der Waals surface area contributed by atoms with Gasteiger partial charge in [-0.25, -0.2) is 0 Å². The van der Waals surface area contributed by atoms with Gasteiger partial charge in [0.2, 0.25) is 0 Å². The van der Waals surface area contributed by atoms with Crippen molar-refractivity contribution in [2.24, 2.45) is 21.7 Å². The normalized spacial score (nSPS) is 28.9. The zero-order valence-electron chi connectivity index (χ0n) is 20.3. The molecule has 6 heteroatoms. The summed E-state index contributed by atoms with van der Waals surface area (Å²) in [5.74, 6) is 0. The average molecular weight is 429 g/mol. The molecule has 0 aromatic rings. The molecular formula is C24H44O6. The molecule has 0 aromatic heterocycles. The van der Waals surface area contributed by atoms with E-state index in [1.54, 1.807) is 0 Å². The first kappa shape index (κ1) is 24.4. The molecule has 3 aliphatic heterocycles. The molecular weight excluding hydrogens is 384 g/mol. The summed E-state index contributed by atoms with van der Waals surface area (Å²) in [6.07, 6.45) is 3.78. The van der Waals surface area contributed by atoms with Crippen LogP contribution in [0, 0.1) is 21.7 Å². The molecule has 3 rings (SSSR count). The van der Waals surface area contributed by atoms with E-state index in [1.807, 2.05) is 21.3 Å². The lowest BCUT2D eigenvalue weighted by molar-refractivity contribution is -0.326. The monoisotopic (exact) mass is 428 g/mol. The molecule has 3 fully saturated rings. The SMILES string of the molecule is CCC1(C(OC)C(CC)(C(OC)C2(CC)COC2)C(OC)C2(CC)COC2)COC1. The summed E-state index contributed by atoms with van der Waals surface area (Å²) in [6.45, 7) is 13.4. The third kappa shape index (κ3) is 3.29. The van der Waals surface area contributed by atoms with Gasteiger partial charge in [-0.1, -0.05) is 27.7 Å². The van der Waals surface area contributed by atoms with Crippen LogP contribution in [0.3, 0.4) is 0 Å². The second-order valence-corrected chi connectivity index (χ2v) is 9.94. The van der Waals surface area contributed by atoms with Gasteiger partial charge in [0.1, 0.15) is 0 Å². The molecule has 3 saturated heterocycles. The second kappa shape index (κ2) is 9.32. The van der Waals surface area contributed by atoms with Gasteiger partial charge >= 0.3 is 0 Å². The van der Waals surface area contributed by atoms with Crippen LogP contribution in [0.25, 0.3) is 0 Å². The fraction of sp³-hybridized carbons (Fsp3) is 1.00. The highest BCUT2D eigenvalue weighted by atomic mass is 16.5. The molecule has 6 nitrogen and oxygen atoms in total. The average Bonchev–Trinajstić information content (AvgIpc) is 2.67. The summed E-state index contributed by atoms with van der Waals surface area (Å²) in [4.78, 5) is 0. The molecule has 0 saturated carbocycles. The molecule has 0 N–H and O–H groups in total. The minimum Gasteiger partial charge on any atom is -0.380 e. The van der Waals surface area contributed by atoms with E-state index in [2.05, 4.69) is 27.7 Å². The van der Waals surface area contributed by atoms with Crippen molar-refractivity contribution in [3.8, 4) is 0 Å². The first-order valence-electron chi connectivity index (χ1n) is 11.8. The molecule has 0 aromatic carbocycles. The van der Waals surface area contributed by atoms with Gasteiger partial charge in [0, 0.05) is 37.6 Å². The van der Waals surface area contributed by atoms with Gasteiger partial charge in [0.15, 0.2) is 0 Å². The first-order valence-corrected chi connectivity index (χ1v) is 11.8. The van der Waals surface area contributed by atoms with Gasteiger partial charge in [-0.15, -0.1) is 0 Å². The van der Waals surface area contributed by atoms with Crippen molar-refractivity contribution in [3.63, 3.8) is 0 Å². The first-order chi connectivity index (χ1) is 14.4. The number of hydrogen-bond acceptors (Lipinski definition) is 6. The summed E-state index contributed by atoms with van der Waals surface area (Å²) >= 11 is 0. The number of hydrogen-bond donors (Lipinski definition) is 0. The number of methoxy groups -OCH3 is 3. The fourth-order valence-electron chi connectivity index (χ4n) is 6.80. The van der Waals surface area contributed by atoms with Crippen LogP contribution >= 0.6 is 0 Å². The minimum atomic E-state index is -0.350. The Labute approximate surface area is 183 Å². The minimum absolute atomic E-state index is 0.0304. The third-order valence-corrected chi connectivity index (χ3v) is 8.90. The second-order valence-electron chi connectivity index (χ2n) is 9.94. The highest BCUT2D eigenvalue weighted by Gasteiger charge is 2.69. The maximum Gasteiger partial charge on any atom is 0.0777 e. The van der Waals surface area contributed by atoms with Crippen LogP contribution in [0.1, 0.15) is 53.4 Å². The molecule has 0 radical (unpaired) electrons. The Balaban J connectivity index is 2.20. The molecule has 0 amide bonds. The van der Waals surface area contributed by atoms with Crippen molar-refractivity contribution >= 4 is 0 Å². The lowest BCUT2D eigenvalue weighted by Crippen LogP contribution is -2.74. The Morgan fingerprint density at radius 3 is 0.967 bits per heavy atom. The molecule has 3 aliphatic rings. The van der Waals surface area contributed by atoms with Gasteiger partial charge in [0.25, 0.3) is 0 Å². The van der Waals surface area contributed by atoms with Crippen molar-refractivity contribution < 1.29 is 28.4 Å². The Morgan fingerprint density at radius 1 is 0.600 bits per heavy atom. The van der Waals surface area contributed by atoms with Crippen molar-refractivity contribution in [3.05, 3.63) is 0 Å². The van der Waals surface area contributed by atoms with E-state index in [1.165, 1.54) is 0 Å². The fourth-order valence-corrected chi connectivity index (χ4v) is 6.80. The van der Waals surface area contributed by atoms with E-state index in [-0.39, 0.29) is 40.0 Å². The van der Waals surface area contributed by atoms with Crippen molar-refractivity contribution in [2.75, 3.05) is 61.0 Å². The predicted octanol–water partition coefficient (Wildman–Crippen LogP) is 3.71. The van der Waals surface area contributed by atoms with Gasteiger partial charge in [0.05, 0.1) is 63.4 Å². The Bertz CT molecular complexity index is 461. The Hall–Kier alpha value is -0.240. The summed E-state index contributed by atoms with van der Waals surface area (Å²) < 4.78 is 36.7. The van der Waals surface area contributed by atoms with Crippen LogP contribution in [-0.4, -0.2) is 79.3 Å². The van der Waals surface area contributed by atoms with Crippen molar-refractivity contribution in [1.82, 2.24) is 0 Å². The van der Waals surface area contributed by atoms with Gasteiger partial charge in [-0.2, -0.15) is 0 Å². The molecule has 176 valence electrons. The standard InChI is InChI=1S/C24H44O6/c1-8-21(12-28-13-21)18(25-5)24(11-4,19(26-6)22(9-2)14-29-15-22)20(27-7)23(10-3)16-30-17-23/h18-20H,8-17H2,1-7H3. The van der Waals surface area contributed by atoms with Gasteiger partial charge in [-0.05, 0) is 25.7 Å². The molecule has 3 heterocycles. The lowest BCUT2D eigenvalue weighted by atomic mass is 9.50. The van der Waals surface area contributed by atoms with Crippen LogP contribution in [0.4, 0.5) is 0 Å². The molecule has 0 bridgehead atoms. The quantitative estimate of drug-likeness (QED) is 0.446. The smallest absolute Gasteiger partial charge is 0.0777 e. The Morgan fingerprint density at radius 2 is 0.867 bits per heavy atom. The van der Waals surface area contributed by atoms with E-state index >= 15 is 0 Å². The van der Waals surface area contributed by atoms with Crippen LogP contribution in [0.2, 0.25) is 0 Å². The van der Waals surface area contributed by atoms with Crippen LogP contribution < -0.4 is 0 Å². The predicted molar refractivity (Wildman–Crippen MR) is 116 cm³/mol. The molecule has 3 atom stereocenters. The summed E-state index contributed by atoms with van der Waals surface area (Å²) in [7, 11) is 5.57. The molecule has 0 aliphatic carbocycles. The highest BCUT2D eigenvalue weighted by molar-refractivity contribution is 5.16. The van der Waals surface area contributed by atoms with E-state index in [4.69, 9.17) is 28.4 Å². The zero-order chi connectivity index (χ0) is 22.0.